The summed E-state index contributed by atoms with van der Waals surface area (Å²) < 4.78 is 5.86. The third-order valence-electron chi connectivity index (χ3n) is 6.50. The Labute approximate surface area is 211 Å². The van der Waals surface area contributed by atoms with Crippen LogP contribution in [0, 0.1) is 0 Å². The molecule has 1 aliphatic rings. The summed E-state index contributed by atoms with van der Waals surface area (Å²) in [6.45, 7) is 5.89. The molecule has 0 aliphatic carbocycles. The van der Waals surface area contributed by atoms with Gasteiger partial charge in [0.15, 0.2) is 0 Å². The summed E-state index contributed by atoms with van der Waals surface area (Å²) in [4.78, 5) is 26.6. The molecule has 36 heavy (non-hydrogen) atoms. The van der Waals surface area contributed by atoms with Gasteiger partial charge in [0, 0.05) is 43.2 Å². The van der Waals surface area contributed by atoms with Crippen LogP contribution in [0.1, 0.15) is 22.8 Å². The van der Waals surface area contributed by atoms with E-state index in [-0.39, 0.29) is 11.9 Å². The zero-order chi connectivity index (χ0) is 24.9. The highest BCUT2D eigenvalue weighted by Gasteiger charge is 2.19. The van der Waals surface area contributed by atoms with Crippen molar-refractivity contribution < 1.29 is 9.53 Å². The Morgan fingerprint density at radius 1 is 0.944 bits per heavy atom. The fourth-order valence-electron chi connectivity index (χ4n) is 4.48. The molecule has 1 N–H and O–H groups in total. The van der Waals surface area contributed by atoms with Crippen molar-refractivity contribution in [1.82, 2.24) is 20.2 Å². The van der Waals surface area contributed by atoms with Gasteiger partial charge in [0.1, 0.15) is 23.6 Å². The molecule has 5 rings (SSSR count). The van der Waals surface area contributed by atoms with Crippen molar-refractivity contribution in [2.45, 2.75) is 19.4 Å². The number of amides is 1. The first kappa shape index (κ1) is 23.8. The van der Waals surface area contributed by atoms with Crippen LogP contribution >= 0.6 is 0 Å². The van der Waals surface area contributed by atoms with E-state index in [9.17, 15) is 4.79 Å². The molecule has 1 unspecified atom stereocenters. The number of likely N-dealkylation sites (N-methyl/N-ethyl adjacent to an activating group) is 1. The van der Waals surface area contributed by atoms with Crippen molar-refractivity contribution in [1.29, 1.82) is 0 Å². The first-order valence-electron chi connectivity index (χ1n) is 12.4. The van der Waals surface area contributed by atoms with Crippen molar-refractivity contribution in [2.24, 2.45) is 0 Å². The molecule has 1 aromatic heterocycles. The van der Waals surface area contributed by atoms with Crippen LogP contribution in [0.15, 0.2) is 79.1 Å². The summed E-state index contributed by atoms with van der Waals surface area (Å²) in [7, 11) is 2.14. The first-order valence-corrected chi connectivity index (χ1v) is 12.4. The Morgan fingerprint density at radius 2 is 1.67 bits per heavy atom. The van der Waals surface area contributed by atoms with Crippen molar-refractivity contribution in [2.75, 3.05) is 38.1 Å². The number of ether oxygens (including phenoxy) is 1. The number of hydrogen-bond donors (Lipinski definition) is 1. The summed E-state index contributed by atoms with van der Waals surface area (Å²) in [5, 5.41) is 4.09. The van der Waals surface area contributed by atoms with Crippen LogP contribution in [0.3, 0.4) is 0 Å². The van der Waals surface area contributed by atoms with Crippen molar-refractivity contribution in [3.8, 4) is 11.5 Å². The number of hydrogen-bond acceptors (Lipinski definition) is 6. The number of carbonyl (C=O) groups is 1. The van der Waals surface area contributed by atoms with Crippen molar-refractivity contribution in [3.05, 3.63) is 90.3 Å². The van der Waals surface area contributed by atoms with Crippen LogP contribution in [0.4, 0.5) is 5.82 Å². The average Bonchev–Trinajstić information content (AvgIpc) is 2.90. The standard InChI is InChI=1S/C29H31N5O2/c1-21(18-22-8-11-25(12-9-22)36-24-6-4-3-5-7-24)32-29(35)23-10-13-26-27(19-23)30-20-31-28(26)34-16-14-33(2)15-17-34/h3-13,19-21H,14-18H2,1-2H3,(H,32,35). The van der Waals surface area contributed by atoms with Crippen LogP contribution in [-0.2, 0) is 6.42 Å². The second-order valence-electron chi connectivity index (χ2n) is 9.36. The summed E-state index contributed by atoms with van der Waals surface area (Å²) in [6.07, 6.45) is 2.31. The zero-order valence-corrected chi connectivity index (χ0v) is 20.7. The third kappa shape index (κ3) is 5.63. The van der Waals surface area contributed by atoms with E-state index in [1.165, 1.54) is 0 Å². The highest BCUT2D eigenvalue weighted by Crippen LogP contribution is 2.25. The zero-order valence-electron chi connectivity index (χ0n) is 20.7. The van der Waals surface area contributed by atoms with E-state index in [0.717, 1.165) is 66.4 Å². The normalized spacial score (nSPS) is 15.0. The predicted octanol–water partition coefficient (Wildman–Crippen LogP) is 4.53. The largest absolute Gasteiger partial charge is 0.457 e. The van der Waals surface area contributed by atoms with Gasteiger partial charge in [-0.2, -0.15) is 0 Å². The molecular formula is C29H31N5O2. The lowest BCUT2D eigenvalue weighted by atomic mass is 10.1. The number of nitrogens with one attached hydrogen (secondary N) is 1. The molecule has 0 saturated carbocycles. The van der Waals surface area contributed by atoms with Gasteiger partial charge in [0.05, 0.1) is 5.52 Å². The second kappa shape index (κ2) is 10.7. The SMILES string of the molecule is CC(Cc1ccc(Oc2ccccc2)cc1)NC(=O)c1ccc2c(N3CCN(C)CC3)ncnc2c1. The monoisotopic (exact) mass is 481 g/mol. The van der Waals surface area contributed by atoms with E-state index >= 15 is 0 Å². The van der Waals surface area contributed by atoms with Crippen LogP contribution < -0.4 is 15.0 Å². The van der Waals surface area contributed by atoms with Gasteiger partial charge in [-0.15, -0.1) is 0 Å². The smallest absolute Gasteiger partial charge is 0.251 e. The highest BCUT2D eigenvalue weighted by molar-refractivity contribution is 6.00. The van der Waals surface area contributed by atoms with E-state index in [1.54, 1.807) is 6.33 Å². The molecule has 2 heterocycles. The summed E-state index contributed by atoms with van der Waals surface area (Å²) >= 11 is 0. The van der Waals surface area contributed by atoms with Crippen LogP contribution in [-0.4, -0.2) is 60.0 Å². The number of fused-ring (bicyclic) bond motifs is 1. The maximum atomic E-state index is 13.0. The Bertz CT molecular complexity index is 1320. The van der Waals surface area contributed by atoms with Gasteiger partial charge in [0.2, 0.25) is 0 Å². The maximum Gasteiger partial charge on any atom is 0.251 e. The van der Waals surface area contributed by atoms with E-state index in [1.807, 2.05) is 79.7 Å². The Balaban J connectivity index is 1.21. The van der Waals surface area contributed by atoms with E-state index < -0.39 is 0 Å². The van der Waals surface area contributed by atoms with Gasteiger partial charge < -0.3 is 19.9 Å². The fourth-order valence-corrected chi connectivity index (χ4v) is 4.48. The molecule has 4 aromatic rings. The van der Waals surface area contributed by atoms with Crippen molar-refractivity contribution in [3.63, 3.8) is 0 Å². The molecule has 1 fully saturated rings. The minimum absolute atomic E-state index is 0.0274. The fraction of sp³-hybridized carbons (Fsp3) is 0.276. The van der Waals surface area contributed by atoms with Gasteiger partial charge in [-0.05, 0) is 68.4 Å². The minimum atomic E-state index is -0.104. The van der Waals surface area contributed by atoms with Gasteiger partial charge in [-0.1, -0.05) is 30.3 Å². The van der Waals surface area contributed by atoms with Gasteiger partial charge in [-0.3, -0.25) is 4.79 Å². The maximum absolute atomic E-state index is 13.0. The number of rotatable bonds is 7. The summed E-state index contributed by atoms with van der Waals surface area (Å²) in [5.74, 6) is 2.43. The molecule has 1 atom stereocenters. The summed E-state index contributed by atoms with van der Waals surface area (Å²) in [5.41, 5.74) is 2.52. The highest BCUT2D eigenvalue weighted by atomic mass is 16.5. The number of anilines is 1. The number of benzene rings is 3. The van der Waals surface area contributed by atoms with E-state index in [2.05, 4.69) is 32.1 Å². The first-order chi connectivity index (χ1) is 17.5. The van der Waals surface area contributed by atoms with Crippen molar-refractivity contribution >= 4 is 22.6 Å². The van der Waals surface area contributed by atoms with E-state index in [0.29, 0.717) is 5.56 Å². The lowest BCUT2D eigenvalue weighted by Crippen LogP contribution is -2.44. The molecule has 3 aromatic carbocycles. The third-order valence-corrected chi connectivity index (χ3v) is 6.50. The second-order valence-corrected chi connectivity index (χ2v) is 9.36. The molecule has 184 valence electrons. The number of carbonyl (C=O) groups excluding carboxylic acids is 1. The number of piperazine rings is 1. The molecular weight excluding hydrogens is 450 g/mol. The molecule has 0 radical (unpaired) electrons. The molecule has 1 amide bonds. The Kier molecular flexibility index (Phi) is 7.09. The van der Waals surface area contributed by atoms with Gasteiger partial charge >= 0.3 is 0 Å². The number of para-hydroxylation sites is 1. The molecule has 1 saturated heterocycles. The molecule has 1 aliphatic heterocycles. The Hall–Kier alpha value is -3.97. The van der Waals surface area contributed by atoms with Gasteiger partial charge in [0.25, 0.3) is 5.91 Å². The number of aromatic nitrogens is 2. The lowest BCUT2D eigenvalue weighted by Gasteiger charge is -2.33. The van der Waals surface area contributed by atoms with Crippen LogP contribution in [0.25, 0.3) is 10.9 Å². The molecule has 0 bridgehead atoms. The average molecular weight is 482 g/mol. The molecule has 7 nitrogen and oxygen atoms in total. The quantitative estimate of drug-likeness (QED) is 0.418. The van der Waals surface area contributed by atoms with Crippen LogP contribution in [0.5, 0.6) is 11.5 Å². The topological polar surface area (TPSA) is 70.6 Å². The van der Waals surface area contributed by atoms with Gasteiger partial charge in [-0.25, -0.2) is 9.97 Å². The Morgan fingerprint density at radius 3 is 2.42 bits per heavy atom. The van der Waals surface area contributed by atoms with E-state index in [4.69, 9.17) is 4.74 Å². The number of nitrogens with zero attached hydrogens (tertiary/aromatic N) is 4. The summed E-state index contributed by atoms with van der Waals surface area (Å²) in [6, 6.07) is 23.4. The molecule has 7 heteroatoms. The minimum Gasteiger partial charge on any atom is -0.457 e. The van der Waals surface area contributed by atoms with Crippen LogP contribution in [0.2, 0.25) is 0 Å². The predicted molar refractivity (Wildman–Crippen MR) is 143 cm³/mol. The lowest BCUT2D eigenvalue weighted by molar-refractivity contribution is 0.0940. The molecule has 0 spiro atoms.